The summed E-state index contributed by atoms with van der Waals surface area (Å²) < 4.78 is 41.0. The fraction of sp³-hybridized carbons (Fsp3) is 0.231. The number of hydrogen-bond donors (Lipinski definition) is 1. The molecule has 1 aromatic rings. The number of rotatable bonds is 5. The van der Waals surface area contributed by atoms with Gasteiger partial charge in [-0.25, -0.2) is 4.79 Å². The number of ketones is 1. The molecule has 8 heteroatoms. The van der Waals surface area contributed by atoms with Crippen LogP contribution in [0.1, 0.15) is 22.9 Å². The molecule has 1 N–H and O–H groups in total. The van der Waals surface area contributed by atoms with Crippen molar-refractivity contribution in [1.29, 1.82) is 0 Å². The lowest BCUT2D eigenvalue weighted by atomic mass is 10.0. The van der Waals surface area contributed by atoms with Gasteiger partial charge in [-0.15, -0.1) is 13.2 Å². The van der Waals surface area contributed by atoms with E-state index in [1.165, 1.54) is 19.1 Å². The topological polar surface area (TPSA) is 63.6 Å². The number of Topliss-reactive ketones (excluding diaryl/α,β-unsaturated/α-hetero) is 1. The Bertz CT molecular complexity index is 581. The van der Waals surface area contributed by atoms with Crippen LogP contribution in [0, 0.1) is 0 Å². The van der Waals surface area contributed by atoms with Crippen molar-refractivity contribution in [3.05, 3.63) is 35.4 Å². The van der Waals surface area contributed by atoms with E-state index in [0.29, 0.717) is 6.08 Å². The maximum atomic E-state index is 12.4. The fourth-order valence-electron chi connectivity index (χ4n) is 1.55. The Kier molecular flexibility index (Phi) is 5.54. The van der Waals surface area contributed by atoms with Crippen molar-refractivity contribution in [3.63, 3.8) is 0 Å². The average Bonchev–Trinajstić information content (AvgIpc) is 2.33. The van der Waals surface area contributed by atoms with Crippen molar-refractivity contribution in [1.82, 2.24) is 0 Å². The predicted molar refractivity (Wildman–Crippen MR) is 72.1 cm³/mol. The predicted octanol–water partition coefficient (Wildman–Crippen LogP) is 3.71. The monoisotopic (exact) mass is 366 g/mol. The molecule has 114 valence electrons. The van der Waals surface area contributed by atoms with Crippen molar-refractivity contribution in [2.75, 3.05) is 0 Å². The Morgan fingerprint density at radius 3 is 2.48 bits per heavy atom. The Hall–Kier alpha value is -1.83. The van der Waals surface area contributed by atoms with E-state index in [0.717, 1.165) is 12.1 Å². The molecule has 0 fully saturated rings. The molecule has 1 rings (SSSR count). The van der Waals surface area contributed by atoms with Gasteiger partial charge in [-0.3, -0.25) is 4.79 Å². The van der Waals surface area contributed by atoms with Gasteiger partial charge < -0.3 is 9.84 Å². The third-order valence-electron chi connectivity index (χ3n) is 2.35. The second kappa shape index (κ2) is 6.75. The van der Waals surface area contributed by atoms with Gasteiger partial charge in [-0.2, -0.15) is 0 Å². The number of halogens is 4. The summed E-state index contributed by atoms with van der Waals surface area (Å²) in [6, 6.07) is 3.73. The first kappa shape index (κ1) is 17.2. The first-order valence-corrected chi connectivity index (χ1v) is 6.47. The summed E-state index contributed by atoms with van der Waals surface area (Å²) in [6.45, 7) is 1.25. The Labute approximate surface area is 126 Å². The third kappa shape index (κ3) is 5.22. The van der Waals surface area contributed by atoms with Crippen LogP contribution in [0.25, 0.3) is 6.08 Å². The van der Waals surface area contributed by atoms with Crippen molar-refractivity contribution < 1.29 is 32.6 Å². The van der Waals surface area contributed by atoms with Gasteiger partial charge in [-0.1, -0.05) is 28.1 Å². The molecular weight excluding hydrogens is 357 g/mol. The molecule has 0 radical (unpaired) electrons. The van der Waals surface area contributed by atoms with Gasteiger partial charge in [0.1, 0.15) is 11.5 Å². The Balaban J connectivity index is 3.40. The van der Waals surface area contributed by atoms with Gasteiger partial charge in [0.25, 0.3) is 0 Å². The highest BCUT2D eigenvalue weighted by Crippen LogP contribution is 2.35. The van der Waals surface area contributed by atoms with Crippen molar-refractivity contribution in [3.8, 4) is 5.75 Å². The highest BCUT2D eigenvalue weighted by atomic mass is 79.9. The summed E-state index contributed by atoms with van der Waals surface area (Å²) in [5, 5.41) is 8.61. The maximum absolute atomic E-state index is 12.4. The van der Waals surface area contributed by atoms with Crippen LogP contribution >= 0.6 is 15.9 Å². The minimum atomic E-state index is -4.93. The van der Waals surface area contributed by atoms with E-state index < -0.39 is 22.9 Å². The zero-order chi connectivity index (χ0) is 16.2. The standard InChI is InChI=1S/C13H10BrF3O4/c1-7(18)12(14)9-3-2-4-10(21-13(15,16)17)8(9)5-6-11(19)20/h2-6,12H,1H3,(H,19,20). The van der Waals surface area contributed by atoms with Crippen LogP contribution in [0.2, 0.25) is 0 Å². The minimum absolute atomic E-state index is 0.130. The highest BCUT2D eigenvalue weighted by molar-refractivity contribution is 9.09. The van der Waals surface area contributed by atoms with Crippen LogP contribution in [-0.2, 0) is 9.59 Å². The quantitative estimate of drug-likeness (QED) is 0.637. The van der Waals surface area contributed by atoms with E-state index in [1.807, 2.05) is 0 Å². The molecule has 0 aromatic heterocycles. The molecule has 1 aromatic carbocycles. The second-order valence-electron chi connectivity index (χ2n) is 3.95. The molecule has 0 aliphatic carbocycles. The molecule has 0 aliphatic heterocycles. The number of carboxylic acid groups (broad SMARTS) is 1. The second-order valence-corrected chi connectivity index (χ2v) is 4.87. The molecule has 0 saturated carbocycles. The molecule has 1 unspecified atom stereocenters. The van der Waals surface area contributed by atoms with Crippen LogP contribution in [-0.4, -0.2) is 23.2 Å². The number of aliphatic carboxylic acids is 1. The first-order valence-electron chi connectivity index (χ1n) is 5.56. The number of carboxylic acids is 1. The third-order valence-corrected chi connectivity index (χ3v) is 3.49. The van der Waals surface area contributed by atoms with Gasteiger partial charge in [0.15, 0.2) is 0 Å². The van der Waals surface area contributed by atoms with Crippen LogP contribution in [0.4, 0.5) is 13.2 Å². The van der Waals surface area contributed by atoms with Gasteiger partial charge in [0.2, 0.25) is 0 Å². The number of alkyl halides is 4. The zero-order valence-electron chi connectivity index (χ0n) is 10.6. The molecule has 0 heterocycles. The van der Waals surface area contributed by atoms with Gasteiger partial charge in [-0.05, 0) is 24.6 Å². The fourth-order valence-corrected chi connectivity index (χ4v) is 1.95. The normalized spacial score (nSPS) is 13.2. The molecule has 0 aliphatic rings. The molecule has 21 heavy (non-hydrogen) atoms. The van der Waals surface area contributed by atoms with Gasteiger partial charge >= 0.3 is 12.3 Å². The summed E-state index contributed by atoms with van der Waals surface area (Å²) in [7, 11) is 0. The van der Waals surface area contributed by atoms with Gasteiger partial charge in [0, 0.05) is 11.6 Å². The van der Waals surface area contributed by atoms with E-state index in [2.05, 4.69) is 20.7 Å². The summed E-state index contributed by atoms with van der Waals surface area (Å²) in [6.07, 6.45) is -3.31. The summed E-state index contributed by atoms with van der Waals surface area (Å²) in [4.78, 5) is 21.1. The van der Waals surface area contributed by atoms with Crippen molar-refractivity contribution >= 4 is 33.8 Å². The summed E-state index contributed by atoms with van der Waals surface area (Å²) in [5.74, 6) is -2.26. The lowest BCUT2D eigenvalue weighted by Crippen LogP contribution is -2.18. The Morgan fingerprint density at radius 1 is 1.38 bits per heavy atom. The van der Waals surface area contributed by atoms with Crippen molar-refractivity contribution in [2.24, 2.45) is 0 Å². The first-order chi connectivity index (χ1) is 9.61. The van der Waals surface area contributed by atoms with Crippen LogP contribution < -0.4 is 4.74 Å². The lowest BCUT2D eigenvalue weighted by Gasteiger charge is -2.16. The summed E-state index contributed by atoms with van der Waals surface area (Å²) in [5.41, 5.74) is 0.0519. The molecule has 0 bridgehead atoms. The van der Waals surface area contributed by atoms with E-state index in [9.17, 15) is 22.8 Å². The van der Waals surface area contributed by atoms with E-state index in [-0.39, 0.29) is 16.9 Å². The van der Waals surface area contributed by atoms with Crippen LogP contribution in [0.5, 0.6) is 5.75 Å². The van der Waals surface area contributed by atoms with E-state index in [1.54, 1.807) is 0 Å². The zero-order valence-corrected chi connectivity index (χ0v) is 12.2. The molecule has 0 amide bonds. The molecule has 4 nitrogen and oxygen atoms in total. The minimum Gasteiger partial charge on any atom is -0.478 e. The van der Waals surface area contributed by atoms with E-state index in [4.69, 9.17) is 5.11 Å². The maximum Gasteiger partial charge on any atom is 0.573 e. The highest BCUT2D eigenvalue weighted by Gasteiger charge is 2.32. The van der Waals surface area contributed by atoms with Crippen LogP contribution in [0.3, 0.4) is 0 Å². The van der Waals surface area contributed by atoms with Gasteiger partial charge in [0.05, 0.1) is 4.83 Å². The summed E-state index contributed by atoms with van der Waals surface area (Å²) >= 11 is 3.05. The largest absolute Gasteiger partial charge is 0.573 e. The number of hydrogen-bond acceptors (Lipinski definition) is 3. The van der Waals surface area contributed by atoms with E-state index >= 15 is 0 Å². The van der Waals surface area contributed by atoms with Crippen molar-refractivity contribution in [2.45, 2.75) is 18.1 Å². The molecule has 0 saturated heterocycles. The lowest BCUT2D eigenvalue weighted by molar-refractivity contribution is -0.274. The Morgan fingerprint density at radius 2 is 2.00 bits per heavy atom. The number of carbonyl (C=O) groups is 2. The molecular formula is C13H10BrF3O4. The number of carbonyl (C=O) groups excluding carboxylic acids is 1. The smallest absolute Gasteiger partial charge is 0.478 e. The van der Waals surface area contributed by atoms with Crippen LogP contribution in [0.15, 0.2) is 24.3 Å². The number of ether oxygens (including phenoxy) is 1. The SMILES string of the molecule is CC(=O)C(Br)c1cccc(OC(F)(F)F)c1C=CC(=O)O. The molecule has 1 atom stereocenters. The average molecular weight is 367 g/mol. The molecule has 0 spiro atoms. The number of benzene rings is 1.